The van der Waals surface area contributed by atoms with Crippen LogP contribution in [0.15, 0.2) is 48.5 Å². The van der Waals surface area contributed by atoms with Gasteiger partial charge in [0.05, 0.1) is 12.1 Å². The molecule has 2 rings (SSSR count). The molecule has 0 radical (unpaired) electrons. The Morgan fingerprint density at radius 2 is 1.80 bits per heavy atom. The van der Waals surface area contributed by atoms with Crippen molar-refractivity contribution in [2.45, 2.75) is 18.6 Å². The first-order valence-corrected chi connectivity index (χ1v) is 6.38. The number of rotatable bonds is 4. The van der Waals surface area contributed by atoms with Crippen molar-refractivity contribution in [2.75, 3.05) is 0 Å². The molecule has 108 valence electrons. The number of hydrogen-bond donors (Lipinski definition) is 2. The predicted molar refractivity (Wildman–Crippen MR) is 81.7 cm³/mol. The van der Waals surface area contributed by atoms with Crippen LogP contribution in [0.2, 0.25) is 5.02 Å². The fourth-order valence-electron chi connectivity index (χ4n) is 1.96. The second-order valence-electron chi connectivity index (χ2n) is 4.45. The van der Waals surface area contributed by atoms with Crippen LogP contribution in [0.3, 0.4) is 0 Å². The third-order valence-electron chi connectivity index (χ3n) is 3.02. The van der Waals surface area contributed by atoms with Crippen molar-refractivity contribution < 1.29 is 9.50 Å². The van der Waals surface area contributed by atoms with Crippen molar-refractivity contribution in [3.8, 4) is 0 Å². The smallest absolute Gasteiger partial charge is 0.124 e. The Morgan fingerprint density at radius 1 is 1.15 bits per heavy atom. The van der Waals surface area contributed by atoms with Crippen LogP contribution in [0.1, 0.15) is 17.2 Å². The molecule has 0 aliphatic rings. The highest BCUT2D eigenvalue weighted by atomic mass is 35.5. The topological polar surface area (TPSA) is 46.2 Å². The molecule has 2 aromatic rings. The maximum atomic E-state index is 13.0. The van der Waals surface area contributed by atoms with E-state index in [1.807, 2.05) is 30.3 Å². The van der Waals surface area contributed by atoms with Gasteiger partial charge in [0.1, 0.15) is 5.82 Å². The zero-order valence-electron chi connectivity index (χ0n) is 10.7. The summed E-state index contributed by atoms with van der Waals surface area (Å²) in [6.07, 6.45) is -0.347. The van der Waals surface area contributed by atoms with Crippen LogP contribution in [-0.4, -0.2) is 11.2 Å². The average Bonchev–Trinajstić information content (AvgIpc) is 2.39. The minimum atomic E-state index is -0.773. The fraction of sp³-hybridized carbons (Fsp3) is 0.200. The van der Waals surface area contributed by atoms with Gasteiger partial charge in [-0.05, 0) is 23.3 Å². The molecule has 0 heterocycles. The Morgan fingerprint density at radius 3 is 2.40 bits per heavy atom. The van der Waals surface area contributed by atoms with Crippen molar-refractivity contribution >= 4 is 24.0 Å². The molecule has 0 aliphatic heterocycles. The molecule has 0 fully saturated rings. The van der Waals surface area contributed by atoms with Gasteiger partial charge in [-0.25, -0.2) is 4.39 Å². The maximum Gasteiger partial charge on any atom is 0.124 e. The molecule has 0 saturated carbocycles. The Balaban J connectivity index is 0.00000200. The van der Waals surface area contributed by atoms with Gasteiger partial charge in [-0.2, -0.15) is 0 Å². The number of benzene rings is 2. The number of aliphatic hydroxyl groups is 1. The van der Waals surface area contributed by atoms with E-state index in [0.717, 1.165) is 5.56 Å². The van der Waals surface area contributed by atoms with E-state index in [4.69, 9.17) is 17.3 Å². The molecule has 0 saturated heterocycles. The zero-order valence-corrected chi connectivity index (χ0v) is 12.2. The average molecular weight is 316 g/mol. The maximum absolute atomic E-state index is 13.0. The first-order chi connectivity index (χ1) is 9.08. The summed E-state index contributed by atoms with van der Waals surface area (Å²) < 4.78 is 13.0. The third kappa shape index (κ3) is 4.18. The van der Waals surface area contributed by atoms with Crippen LogP contribution in [-0.2, 0) is 6.42 Å². The Labute approximate surface area is 128 Å². The van der Waals surface area contributed by atoms with E-state index in [0.29, 0.717) is 12.0 Å². The lowest BCUT2D eigenvalue weighted by molar-refractivity contribution is 0.145. The van der Waals surface area contributed by atoms with E-state index in [1.54, 1.807) is 0 Å². The van der Waals surface area contributed by atoms with E-state index < -0.39 is 18.0 Å². The molecular formula is C15H16Cl2FNO. The SMILES string of the molecule is Cl.N[C@H](c1ccc(F)cc1Cl)[C@@H](O)Cc1ccccc1. The normalized spacial score (nSPS) is 13.4. The highest BCUT2D eigenvalue weighted by Gasteiger charge is 2.19. The molecule has 5 heteroatoms. The summed E-state index contributed by atoms with van der Waals surface area (Å²) in [5, 5.41) is 10.4. The van der Waals surface area contributed by atoms with Gasteiger partial charge in [-0.1, -0.05) is 48.0 Å². The largest absolute Gasteiger partial charge is 0.391 e. The standard InChI is InChI=1S/C15H15ClFNO.ClH/c16-13-9-11(17)6-7-12(13)15(18)14(19)8-10-4-2-1-3-5-10;/h1-7,9,14-15,19H,8,18H2;1H/t14-,15+;/m0./s1. The number of nitrogens with two attached hydrogens (primary N) is 1. The number of aliphatic hydroxyl groups excluding tert-OH is 1. The van der Waals surface area contributed by atoms with E-state index in [9.17, 15) is 9.50 Å². The first kappa shape index (κ1) is 16.9. The van der Waals surface area contributed by atoms with Crippen molar-refractivity contribution in [3.63, 3.8) is 0 Å². The summed E-state index contributed by atoms with van der Waals surface area (Å²) in [7, 11) is 0. The van der Waals surface area contributed by atoms with Crippen LogP contribution < -0.4 is 5.73 Å². The Hall–Kier alpha value is -1.13. The molecule has 3 N–H and O–H groups in total. The zero-order chi connectivity index (χ0) is 13.8. The van der Waals surface area contributed by atoms with Gasteiger partial charge in [-0.15, -0.1) is 12.4 Å². The molecule has 0 unspecified atom stereocenters. The van der Waals surface area contributed by atoms with E-state index in [2.05, 4.69) is 0 Å². The molecule has 0 spiro atoms. The monoisotopic (exact) mass is 315 g/mol. The summed E-state index contributed by atoms with van der Waals surface area (Å²) in [6, 6.07) is 12.9. The van der Waals surface area contributed by atoms with Crippen molar-refractivity contribution in [1.82, 2.24) is 0 Å². The first-order valence-electron chi connectivity index (χ1n) is 6.00. The highest BCUT2D eigenvalue weighted by molar-refractivity contribution is 6.31. The molecule has 20 heavy (non-hydrogen) atoms. The molecule has 0 amide bonds. The van der Waals surface area contributed by atoms with Gasteiger partial charge in [0.15, 0.2) is 0 Å². The summed E-state index contributed by atoms with van der Waals surface area (Å²) in [5.41, 5.74) is 7.52. The van der Waals surface area contributed by atoms with E-state index in [1.165, 1.54) is 18.2 Å². The van der Waals surface area contributed by atoms with Gasteiger partial charge >= 0.3 is 0 Å². The molecular weight excluding hydrogens is 300 g/mol. The highest BCUT2D eigenvalue weighted by Crippen LogP contribution is 2.25. The summed E-state index contributed by atoms with van der Waals surface area (Å²) in [6.45, 7) is 0. The quantitative estimate of drug-likeness (QED) is 0.907. The van der Waals surface area contributed by atoms with Gasteiger partial charge in [0, 0.05) is 11.4 Å². The van der Waals surface area contributed by atoms with Crippen LogP contribution in [0, 0.1) is 5.82 Å². The summed E-state index contributed by atoms with van der Waals surface area (Å²) in [4.78, 5) is 0. The van der Waals surface area contributed by atoms with Crippen LogP contribution in [0.25, 0.3) is 0 Å². The van der Waals surface area contributed by atoms with E-state index in [-0.39, 0.29) is 17.4 Å². The molecule has 2 atom stereocenters. The molecule has 2 aromatic carbocycles. The second-order valence-corrected chi connectivity index (χ2v) is 4.86. The van der Waals surface area contributed by atoms with Gasteiger partial charge < -0.3 is 10.8 Å². The minimum absolute atomic E-state index is 0. The summed E-state index contributed by atoms with van der Waals surface area (Å²) >= 11 is 5.94. The molecule has 0 aliphatic carbocycles. The third-order valence-corrected chi connectivity index (χ3v) is 3.35. The van der Waals surface area contributed by atoms with Crippen molar-refractivity contribution in [2.24, 2.45) is 5.73 Å². The molecule has 2 nitrogen and oxygen atoms in total. The van der Waals surface area contributed by atoms with Crippen molar-refractivity contribution in [1.29, 1.82) is 0 Å². The predicted octanol–water partition coefficient (Wildman–Crippen LogP) is 3.50. The van der Waals surface area contributed by atoms with E-state index >= 15 is 0 Å². The molecule has 0 aromatic heterocycles. The number of hydrogen-bond acceptors (Lipinski definition) is 2. The second kappa shape index (κ2) is 7.60. The lowest BCUT2D eigenvalue weighted by Gasteiger charge is -2.20. The van der Waals surface area contributed by atoms with Crippen LogP contribution in [0.4, 0.5) is 4.39 Å². The van der Waals surface area contributed by atoms with Gasteiger partial charge in [-0.3, -0.25) is 0 Å². The molecule has 0 bridgehead atoms. The van der Waals surface area contributed by atoms with Crippen LogP contribution >= 0.6 is 24.0 Å². The lowest BCUT2D eigenvalue weighted by atomic mass is 9.97. The fourth-order valence-corrected chi connectivity index (χ4v) is 2.25. The van der Waals surface area contributed by atoms with Gasteiger partial charge in [0.25, 0.3) is 0 Å². The lowest BCUT2D eigenvalue weighted by Crippen LogP contribution is -2.28. The number of halogens is 3. The van der Waals surface area contributed by atoms with Crippen LogP contribution in [0.5, 0.6) is 0 Å². The Bertz CT molecular complexity index is 551. The Kier molecular flexibility index (Phi) is 6.43. The summed E-state index contributed by atoms with van der Waals surface area (Å²) in [5.74, 6) is -0.418. The van der Waals surface area contributed by atoms with Gasteiger partial charge in [0.2, 0.25) is 0 Å². The van der Waals surface area contributed by atoms with Crippen molar-refractivity contribution in [3.05, 3.63) is 70.5 Å². The minimum Gasteiger partial charge on any atom is -0.391 e.